The number of ether oxygens (including phenoxy) is 2. The third kappa shape index (κ3) is 6.10. The first-order valence-corrected chi connectivity index (χ1v) is 9.63. The van der Waals surface area contributed by atoms with Crippen molar-refractivity contribution >= 4 is 11.6 Å². The van der Waals surface area contributed by atoms with Crippen LogP contribution in [0.15, 0.2) is 48.5 Å². The summed E-state index contributed by atoms with van der Waals surface area (Å²) in [6.07, 6.45) is -1.59. The molecule has 0 spiro atoms. The molecule has 0 aromatic heterocycles. The summed E-state index contributed by atoms with van der Waals surface area (Å²) in [5.74, 6) is 2.23. The van der Waals surface area contributed by atoms with Gasteiger partial charge in [-0.15, -0.1) is 11.6 Å². The lowest BCUT2D eigenvalue weighted by atomic mass is 9.78. The van der Waals surface area contributed by atoms with Crippen LogP contribution in [0.25, 0.3) is 0 Å². The molecule has 2 rings (SSSR count). The molecule has 0 fully saturated rings. The van der Waals surface area contributed by atoms with Gasteiger partial charge in [0, 0.05) is 17.2 Å². The molecular formula is C22H27ClF2O2. The largest absolute Gasteiger partial charge is 0.493 e. The highest BCUT2D eigenvalue weighted by molar-refractivity contribution is 6.18. The van der Waals surface area contributed by atoms with Gasteiger partial charge in [0.1, 0.15) is 24.8 Å². The van der Waals surface area contributed by atoms with Gasteiger partial charge in [0.2, 0.25) is 0 Å². The summed E-state index contributed by atoms with van der Waals surface area (Å²) in [4.78, 5) is 0. The van der Waals surface area contributed by atoms with E-state index < -0.39 is 12.8 Å². The first-order chi connectivity index (χ1) is 12.9. The minimum atomic E-state index is -1.59. The van der Waals surface area contributed by atoms with E-state index in [1.165, 1.54) is 0 Å². The van der Waals surface area contributed by atoms with E-state index in [9.17, 15) is 8.78 Å². The Morgan fingerprint density at radius 3 is 1.74 bits per heavy atom. The second kappa shape index (κ2) is 9.93. The molecule has 0 heterocycles. The van der Waals surface area contributed by atoms with Crippen LogP contribution in [0.4, 0.5) is 8.78 Å². The van der Waals surface area contributed by atoms with Gasteiger partial charge in [-0.3, -0.25) is 0 Å². The number of hydrogen-bond donors (Lipinski definition) is 0. The van der Waals surface area contributed by atoms with Gasteiger partial charge < -0.3 is 9.47 Å². The van der Waals surface area contributed by atoms with Crippen LogP contribution in [0, 0.1) is 5.92 Å². The number of rotatable bonds is 10. The predicted octanol–water partition coefficient (Wildman–Crippen LogP) is 5.95. The molecular weight excluding hydrogens is 370 g/mol. The van der Waals surface area contributed by atoms with Crippen molar-refractivity contribution in [3.8, 4) is 11.5 Å². The van der Waals surface area contributed by atoms with Gasteiger partial charge in [0.05, 0.1) is 6.61 Å². The molecule has 27 heavy (non-hydrogen) atoms. The molecule has 0 aliphatic rings. The standard InChI is InChI=1S/C22H27ClF2O2/c1-16(12-23)14-26-20-8-4-17(5-9-20)22(2,3)18-6-10-21(11-7-18)27-15-19(25)13-24/h4-11,16,19H,12-15H2,1-3H3. The van der Waals surface area contributed by atoms with Crippen LogP contribution < -0.4 is 9.47 Å². The highest BCUT2D eigenvalue weighted by Gasteiger charge is 2.23. The van der Waals surface area contributed by atoms with Crippen molar-refractivity contribution < 1.29 is 18.3 Å². The zero-order valence-electron chi connectivity index (χ0n) is 16.1. The lowest BCUT2D eigenvalue weighted by Crippen LogP contribution is -2.19. The van der Waals surface area contributed by atoms with Crippen LogP contribution in [0.3, 0.4) is 0 Å². The van der Waals surface area contributed by atoms with Crippen LogP contribution in [0.1, 0.15) is 31.9 Å². The Morgan fingerprint density at radius 1 is 0.889 bits per heavy atom. The second-order valence-corrected chi connectivity index (χ2v) is 7.62. The molecule has 2 unspecified atom stereocenters. The summed E-state index contributed by atoms with van der Waals surface area (Å²) in [7, 11) is 0. The van der Waals surface area contributed by atoms with E-state index in [1.807, 2.05) is 31.2 Å². The molecule has 2 atom stereocenters. The van der Waals surface area contributed by atoms with Crippen molar-refractivity contribution in [2.45, 2.75) is 32.4 Å². The van der Waals surface area contributed by atoms with E-state index in [0.29, 0.717) is 24.2 Å². The second-order valence-electron chi connectivity index (χ2n) is 7.31. The van der Waals surface area contributed by atoms with Crippen molar-refractivity contribution in [1.82, 2.24) is 0 Å². The average molecular weight is 397 g/mol. The third-order valence-corrected chi connectivity index (χ3v) is 5.08. The van der Waals surface area contributed by atoms with Crippen molar-refractivity contribution in [2.24, 2.45) is 5.92 Å². The number of hydrogen-bond acceptors (Lipinski definition) is 2. The summed E-state index contributed by atoms with van der Waals surface area (Å²) in [6, 6.07) is 15.5. The Bertz CT molecular complexity index is 627. The Morgan fingerprint density at radius 2 is 1.33 bits per heavy atom. The Kier molecular flexibility index (Phi) is 7.91. The van der Waals surface area contributed by atoms with Gasteiger partial charge in [-0.05, 0) is 35.4 Å². The molecule has 0 aliphatic carbocycles. The van der Waals surface area contributed by atoms with Crippen molar-refractivity contribution in [2.75, 3.05) is 25.8 Å². The predicted molar refractivity (Wildman–Crippen MR) is 107 cm³/mol. The first-order valence-electron chi connectivity index (χ1n) is 9.09. The van der Waals surface area contributed by atoms with E-state index in [1.54, 1.807) is 12.1 Å². The fourth-order valence-corrected chi connectivity index (χ4v) is 2.71. The third-order valence-electron chi connectivity index (χ3n) is 4.55. The average Bonchev–Trinajstić information content (AvgIpc) is 2.70. The monoisotopic (exact) mass is 396 g/mol. The van der Waals surface area contributed by atoms with Crippen LogP contribution in [-0.4, -0.2) is 31.9 Å². The quantitative estimate of drug-likeness (QED) is 0.462. The maximum absolute atomic E-state index is 12.9. The lowest BCUT2D eigenvalue weighted by molar-refractivity contribution is 0.166. The first kappa shape index (κ1) is 21.5. The van der Waals surface area contributed by atoms with Crippen molar-refractivity contribution in [3.05, 3.63) is 59.7 Å². The summed E-state index contributed by atoms with van der Waals surface area (Å²) in [5, 5.41) is 0. The van der Waals surface area contributed by atoms with Gasteiger partial charge >= 0.3 is 0 Å². The van der Waals surface area contributed by atoms with Gasteiger partial charge in [-0.2, -0.15) is 0 Å². The van der Waals surface area contributed by atoms with Gasteiger partial charge in [-0.1, -0.05) is 45.0 Å². The fourth-order valence-electron chi connectivity index (χ4n) is 2.62. The van der Waals surface area contributed by atoms with Crippen molar-refractivity contribution in [1.29, 1.82) is 0 Å². The maximum Gasteiger partial charge on any atom is 0.162 e. The van der Waals surface area contributed by atoms with E-state index in [-0.39, 0.29) is 12.0 Å². The molecule has 0 amide bonds. The summed E-state index contributed by atoms with van der Waals surface area (Å²) in [5.41, 5.74) is 2.03. The Balaban J connectivity index is 2.04. The Hall–Kier alpha value is -1.81. The highest BCUT2D eigenvalue weighted by Crippen LogP contribution is 2.33. The van der Waals surface area contributed by atoms with Gasteiger partial charge in [0.15, 0.2) is 6.17 Å². The molecule has 0 saturated heterocycles. The fraction of sp³-hybridized carbons (Fsp3) is 0.455. The molecule has 2 aromatic carbocycles. The summed E-state index contributed by atoms with van der Waals surface area (Å²) >= 11 is 5.80. The van der Waals surface area contributed by atoms with Gasteiger partial charge in [-0.25, -0.2) is 8.78 Å². The molecule has 0 aliphatic heterocycles. The van der Waals surface area contributed by atoms with Crippen LogP contribution in [0.5, 0.6) is 11.5 Å². The number of halogens is 3. The molecule has 0 radical (unpaired) electrons. The molecule has 5 heteroatoms. The van der Waals surface area contributed by atoms with Crippen LogP contribution >= 0.6 is 11.6 Å². The molecule has 148 valence electrons. The number of benzene rings is 2. The zero-order chi connectivity index (χ0) is 19.9. The zero-order valence-corrected chi connectivity index (χ0v) is 16.8. The summed E-state index contributed by atoms with van der Waals surface area (Å²) in [6.45, 7) is 5.60. The lowest BCUT2D eigenvalue weighted by Gasteiger charge is -2.26. The normalized spacial score (nSPS) is 13.9. The van der Waals surface area contributed by atoms with Gasteiger partial charge in [0.25, 0.3) is 0 Å². The molecule has 2 aromatic rings. The van der Waals surface area contributed by atoms with E-state index in [2.05, 4.69) is 26.0 Å². The molecule has 0 N–H and O–H groups in total. The molecule has 0 bridgehead atoms. The van der Waals surface area contributed by atoms with Crippen molar-refractivity contribution in [3.63, 3.8) is 0 Å². The Labute approximate surface area is 165 Å². The smallest absolute Gasteiger partial charge is 0.162 e. The molecule has 2 nitrogen and oxygen atoms in total. The maximum atomic E-state index is 12.9. The van der Waals surface area contributed by atoms with Crippen LogP contribution in [0.2, 0.25) is 0 Å². The van der Waals surface area contributed by atoms with E-state index in [4.69, 9.17) is 21.1 Å². The molecule has 0 saturated carbocycles. The SMILES string of the molecule is CC(CCl)COc1ccc(C(C)(C)c2ccc(OCC(F)CF)cc2)cc1. The van der Waals surface area contributed by atoms with E-state index >= 15 is 0 Å². The highest BCUT2D eigenvalue weighted by atomic mass is 35.5. The minimum absolute atomic E-state index is 0.220. The van der Waals surface area contributed by atoms with E-state index in [0.717, 1.165) is 16.9 Å². The summed E-state index contributed by atoms with van der Waals surface area (Å²) < 4.78 is 36.1. The number of alkyl halides is 3. The minimum Gasteiger partial charge on any atom is -0.493 e. The topological polar surface area (TPSA) is 18.5 Å². The van der Waals surface area contributed by atoms with Crippen LogP contribution in [-0.2, 0) is 5.41 Å².